The van der Waals surface area contributed by atoms with E-state index in [1.54, 1.807) is 6.07 Å². The summed E-state index contributed by atoms with van der Waals surface area (Å²) in [6.45, 7) is 6.35. The van der Waals surface area contributed by atoms with Gasteiger partial charge in [0.2, 0.25) is 0 Å². The molecule has 0 saturated heterocycles. The Balaban J connectivity index is 2.73. The first-order chi connectivity index (χ1) is 7.85. The lowest BCUT2D eigenvalue weighted by Gasteiger charge is -2.24. The topological polar surface area (TPSA) is 58.3 Å². The number of anilines is 2. The third-order valence-electron chi connectivity index (χ3n) is 2.79. The zero-order valence-electron chi connectivity index (χ0n) is 10.7. The molecule has 0 aliphatic carbocycles. The first kappa shape index (κ1) is 14.1. The van der Waals surface area contributed by atoms with Gasteiger partial charge >= 0.3 is 0 Å². The molecule has 4 N–H and O–H groups in total. The van der Waals surface area contributed by atoms with Gasteiger partial charge in [-0.25, -0.2) is 0 Å². The molecule has 4 heteroatoms. The van der Waals surface area contributed by atoms with Crippen molar-refractivity contribution >= 4 is 23.0 Å². The number of rotatable bonds is 5. The second-order valence-corrected chi connectivity index (χ2v) is 5.20. The zero-order chi connectivity index (χ0) is 13.1. The first-order valence-electron chi connectivity index (χ1n) is 5.87. The number of nitrogens with one attached hydrogen (secondary N) is 1. The molecular formula is C13H21ClN2O. The van der Waals surface area contributed by atoms with Gasteiger partial charge in [-0.3, -0.25) is 0 Å². The summed E-state index contributed by atoms with van der Waals surface area (Å²) in [5.74, 6) is 0. The number of halogens is 1. The second kappa shape index (κ2) is 5.61. The highest BCUT2D eigenvalue weighted by molar-refractivity contribution is 6.33. The van der Waals surface area contributed by atoms with Crippen LogP contribution in [0.2, 0.25) is 5.02 Å². The van der Waals surface area contributed by atoms with Gasteiger partial charge in [0.25, 0.3) is 0 Å². The Labute approximate surface area is 108 Å². The molecule has 0 aromatic heterocycles. The van der Waals surface area contributed by atoms with Crippen LogP contribution in [-0.2, 0) is 0 Å². The summed E-state index contributed by atoms with van der Waals surface area (Å²) in [6, 6.07) is 3.63. The number of benzene rings is 1. The summed E-state index contributed by atoms with van der Waals surface area (Å²) in [5, 5.41) is 13.8. The largest absolute Gasteiger partial charge is 0.398 e. The molecule has 17 heavy (non-hydrogen) atoms. The van der Waals surface area contributed by atoms with Crippen molar-refractivity contribution in [1.29, 1.82) is 0 Å². The smallest absolute Gasteiger partial charge is 0.0791 e. The van der Waals surface area contributed by atoms with Gasteiger partial charge in [-0.05, 0) is 38.0 Å². The van der Waals surface area contributed by atoms with Crippen molar-refractivity contribution in [3.8, 4) is 0 Å². The highest BCUT2D eigenvalue weighted by Crippen LogP contribution is 2.27. The van der Waals surface area contributed by atoms with E-state index in [1.165, 1.54) is 0 Å². The minimum absolute atomic E-state index is 0.502. The van der Waals surface area contributed by atoms with Crippen LogP contribution in [-0.4, -0.2) is 17.3 Å². The van der Waals surface area contributed by atoms with Crippen molar-refractivity contribution in [1.82, 2.24) is 0 Å². The minimum atomic E-state index is -0.699. The van der Waals surface area contributed by atoms with Gasteiger partial charge < -0.3 is 16.2 Å². The lowest BCUT2D eigenvalue weighted by molar-refractivity contribution is 0.0637. The van der Waals surface area contributed by atoms with E-state index in [2.05, 4.69) is 12.2 Å². The van der Waals surface area contributed by atoms with E-state index in [-0.39, 0.29) is 0 Å². The van der Waals surface area contributed by atoms with Crippen LogP contribution >= 0.6 is 11.6 Å². The van der Waals surface area contributed by atoms with Crippen LogP contribution < -0.4 is 11.1 Å². The van der Waals surface area contributed by atoms with Crippen molar-refractivity contribution in [3.63, 3.8) is 0 Å². The molecule has 0 spiro atoms. The van der Waals surface area contributed by atoms with Gasteiger partial charge in [-0.15, -0.1) is 0 Å². The molecule has 0 amide bonds. The summed E-state index contributed by atoms with van der Waals surface area (Å²) in [5.41, 5.74) is 7.53. The monoisotopic (exact) mass is 256 g/mol. The molecule has 0 radical (unpaired) electrons. The molecule has 1 unspecified atom stereocenters. The fourth-order valence-electron chi connectivity index (χ4n) is 1.81. The van der Waals surface area contributed by atoms with E-state index in [1.807, 2.05) is 19.9 Å². The fourth-order valence-corrected chi connectivity index (χ4v) is 1.97. The van der Waals surface area contributed by atoms with E-state index in [0.29, 0.717) is 17.3 Å². The van der Waals surface area contributed by atoms with Gasteiger partial charge in [0.1, 0.15) is 0 Å². The summed E-state index contributed by atoms with van der Waals surface area (Å²) in [4.78, 5) is 0. The Morgan fingerprint density at radius 3 is 2.71 bits per heavy atom. The predicted octanol–water partition coefficient (Wildman–Crippen LogP) is 3.19. The molecule has 1 atom stereocenters. The maximum atomic E-state index is 10.1. The average Bonchev–Trinajstić information content (AvgIpc) is 2.21. The number of nitrogen functional groups attached to an aromatic ring is 1. The normalized spacial score (nSPS) is 14.4. The highest BCUT2D eigenvalue weighted by atomic mass is 35.5. The molecule has 3 nitrogen and oxygen atoms in total. The van der Waals surface area contributed by atoms with E-state index in [9.17, 15) is 5.11 Å². The van der Waals surface area contributed by atoms with Gasteiger partial charge in [-0.2, -0.15) is 0 Å². The maximum Gasteiger partial charge on any atom is 0.0791 e. The first-order valence-corrected chi connectivity index (χ1v) is 6.25. The highest BCUT2D eigenvalue weighted by Gasteiger charge is 2.18. The fraction of sp³-hybridized carbons (Fsp3) is 0.538. The van der Waals surface area contributed by atoms with Crippen LogP contribution in [0.25, 0.3) is 0 Å². The lowest BCUT2D eigenvalue weighted by atomic mass is 10.0. The molecule has 1 aromatic rings. The number of nitrogens with two attached hydrogens (primary N) is 1. The standard InChI is InChI=1S/C13H21ClN2O/c1-4-5-13(3,17)8-16-12-7-10(14)11(15)6-9(12)2/h6-7,16-17H,4-5,8,15H2,1-3H3. The molecule has 0 aliphatic rings. The third kappa shape index (κ3) is 4.10. The zero-order valence-corrected chi connectivity index (χ0v) is 11.4. The molecule has 0 saturated carbocycles. The van der Waals surface area contributed by atoms with Crippen LogP contribution in [0, 0.1) is 6.92 Å². The molecule has 96 valence electrons. The van der Waals surface area contributed by atoms with Crippen LogP contribution in [0.15, 0.2) is 12.1 Å². The molecule has 0 aliphatic heterocycles. The Kier molecular flexibility index (Phi) is 4.66. The number of aryl methyl sites for hydroxylation is 1. The van der Waals surface area contributed by atoms with Gasteiger partial charge in [0.15, 0.2) is 0 Å². The number of aliphatic hydroxyl groups is 1. The molecular weight excluding hydrogens is 236 g/mol. The maximum absolute atomic E-state index is 10.1. The van der Waals surface area contributed by atoms with Gasteiger partial charge in [0.05, 0.1) is 16.3 Å². The number of hydrogen-bond donors (Lipinski definition) is 3. The molecule has 0 bridgehead atoms. The SMILES string of the molecule is CCCC(C)(O)CNc1cc(Cl)c(N)cc1C. The molecule has 0 fully saturated rings. The Bertz CT molecular complexity index is 391. The van der Waals surface area contributed by atoms with E-state index in [0.717, 1.165) is 24.1 Å². The van der Waals surface area contributed by atoms with Crippen LogP contribution in [0.4, 0.5) is 11.4 Å². The average molecular weight is 257 g/mol. The van der Waals surface area contributed by atoms with E-state index >= 15 is 0 Å². The van der Waals surface area contributed by atoms with Crippen molar-refractivity contribution < 1.29 is 5.11 Å². The summed E-state index contributed by atoms with van der Waals surface area (Å²) in [7, 11) is 0. The van der Waals surface area contributed by atoms with Crippen molar-refractivity contribution in [2.75, 3.05) is 17.6 Å². The summed E-state index contributed by atoms with van der Waals surface area (Å²) >= 11 is 5.97. The van der Waals surface area contributed by atoms with Crippen LogP contribution in [0.3, 0.4) is 0 Å². The van der Waals surface area contributed by atoms with Crippen molar-refractivity contribution in [2.24, 2.45) is 0 Å². The summed E-state index contributed by atoms with van der Waals surface area (Å²) < 4.78 is 0. The number of hydrogen-bond acceptors (Lipinski definition) is 3. The molecule has 1 rings (SSSR count). The summed E-state index contributed by atoms with van der Waals surface area (Å²) in [6.07, 6.45) is 1.72. The minimum Gasteiger partial charge on any atom is -0.398 e. The Morgan fingerprint density at radius 2 is 2.12 bits per heavy atom. The van der Waals surface area contributed by atoms with Gasteiger partial charge in [0, 0.05) is 12.2 Å². The van der Waals surface area contributed by atoms with Crippen LogP contribution in [0.5, 0.6) is 0 Å². The lowest BCUT2D eigenvalue weighted by Crippen LogP contribution is -2.33. The molecule has 1 aromatic carbocycles. The predicted molar refractivity (Wildman–Crippen MR) is 74.6 cm³/mol. The van der Waals surface area contributed by atoms with Gasteiger partial charge in [-0.1, -0.05) is 24.9 Å². The Morgan fingerprint density at radius 1 is 1.47 bits per heavy atom. The Hall–Kier alpha value is -0.930. The molecule has 0 heterocycles. The quantitative estimate of drug-likeness (QED) is 0.709. The van der Waals surface area contributed by atoms with E-state index in [4.69, 9.17) is 17.3 Å². The van der Waals surface area contributed by atoms with Crippen LogP contribution in [0.1, 0.15) is 32.3 Å². The second-order valence-electron chi connectivity index (χ2n) is 4.79. The van der Waals surface area contributed by atoms with Crippen molar-refractivity contribution in [3.05, 3.63) is 22.7 Å². The third-order valence-corrected chi connectivity index (χ3v) is 3.12. The van der Waals surface area contributed by atoms with Crippen molar-refractivity contribution in [2.45, 2.75) is 39.2 Å². The van der Waals surface area contributed by atoms with E-state index < -0.39 is 5.60 Å².